The van der Waals surface area contributed by atoms with Crippen LogP contribution in [0.2, 0.25) is 0 Å². The fraction of sp³-hybridized carbons (Fsp3) is 0.182. The minimum Gasteiger partial charge on any atom is -0.394 e. The molecule has 0 amide bonds. The zero-order chi connectivity index (χ0) is 9.97. The van der Waals surface area contributed by atoms with Crippen molar-refractivity contribution in [3.63, 3.8) is 0 Å². The Morgan fingerprint density at radius 2 is 2.00 bits per heavy atom. The van der Waals surface area contributed by atoms with Crippen LogP contribution in [0.5, 0.6) is 0 Å². The summed E-state index contributed by atoms with van der Waals surface area (Å²) in [6, 6.07) is 9.29. The summed E-state index contributed by atoms with van der Waals surface area (Å²) < 4.78 is 0. The number of rotatable bonds is 2. The van der Waals surface area contributed by atoms with Gasteiger partial charge in [0.15, 0.2) is 0 Å². The quantitative estimate of drug-likeness (QED) is 0.816. The predicted octanol–water partition coefficient (Wildman–Crippen LogP) is 1.65. The maximum Gasteiger partial charge on any atom is 0.0705 e. The average Bonchev–Trinajstić information content (AvgIpc) is 2.27. The van der Waals surface area contributed by atoms with Crippen LogP contribution in [0.1, 0.15) is 11.6 Å². The molecule has 3 nitrogen and oxygen atoms in total. The molecule has 0 spiro atoms. The van der Waals surface area contributed by atoms with Crippen molar-refractivity contribution in [2.24, 2.45) is 5.73 Å². The molecule has 1 aromatic heterocycles. The van der Waals surface area contributed by atoms with Crippen LogP contribution in [0, 0.1) is 0 Å². The van der Waals surface area contributed by atoms with Crippen molar-refractivity contribution >= 4 is 23.3 Å². The number of fused-ring (bicyclic) bond motifs is 1. The lowest BCUT2D eigenvalue weighted by molar-refractivity contribution is 0.268. The summed E-state index contributed by atoms with van der Waals surface area (Å²) in [7, 11) is 0. The molecule has 2 aromatic rings. The largest absolute Gasteiger partial charge is 0.394 e. The van der Waals surface area contributed by atoms with Crippen LogP contribution in [0.4, 0.5) is 0 Å². The van der Waals surface area contributed by atoms with E-state index in [2.05, 4.69) is 4.98 Å². The topological polar surface area (TPSA) is 59.1 Å². The Balaban J connectivity index is 0.00000112. The van der Waals surface area contributed by atoms with Crippen LogP contribution in [0.25, 0.3) is 10.9 Å². The van der Waals surface area contributed by atoms with E-state index in [4.69, 9.17) is 10.8 Å². The predicted molar refractivity (Wildman–Crippen MR) is 63.0 cm³/mol. The van der Waals surface area contributed by atoms with Gasteiger partial charge in [0, 0.05) is 11.6 Å². The van der Waals surface area contributed by atoms with E-state index in [-0.39, 0.29) is 25.1 Å². The molecule has 1 heterocycles. The maximum absolute atomic E-state index is 9.00. The molecule has 1 atom stereocenters. The van der Waals surface area contributed by atoms with Crippen molar-refractivity contribution in [2.75, 3.05) is 6.61 Å². The second-order valence-corrected chi connectivity index (χ2v) is 3.21. The standard InChI is InChI=1S/C11H12N2O.ClH/c12-10(7-14)8-5-6-13-11-4-2-1-3-9(8)11;/h1-6,10,14H,7,12H2;1H/t10-;/m0./s1. The molecule has 3 N–H and O–H groups in total. The highest BCUT2D eigenvalue weighted by Gasteiger charge is 2.07. The molecular formula is C11H13ClN2O. The lowest BCUT2D eigenvalue weighted by Crippen LogP contribution is -2.14. The first kappa shape index (κ1) is 11.9. The fourth-order valence-electron chi connectivity index (χ4n) is 1.54. The molecule has 2 rings (SSSR count). The van der Waals surface area contributed by atoms with Crippen molar-refractivity contribution in [3.05, 3.63) is 42.1 Å². The highest BCUT2D eigenvalue weighted by molar-refractivity contribution is 5.85. The molecule has 15 heavy (non-hydrogen) atoms. The molecule has 1 aromatic carbocycles. The molecule has 0 fully saturated rings. The van der Waals surface area contributed by atoms with Crippen LogP contribution in [-0.4, -0.2) is 16.7 Å². The highest BCUT2D eigenvalue weighted by Crippen LogP contribution is 2.20. The Labute approximate surface area is 94.3 Å². The number of aliphatic hydroxyl groups is 1. The molecule has 0 radical (unpaired) electrons. The van der Waals surface area contributed by atoms with Crippen LogP contribution in [0.3, 0.4) is 0 Å². The summed E-state index contributed by atoms with van der Waals surface area (Å²) >= 11 is 0. The first-order valence-corrected chi connectivity index (χ1v) is 4.53. The minimum absolute atomic E-state index is 0. The number of nitrogens with zero attached hydrogens (tertiary/aromatic N) is 1. The third-order valence-electron chi connectivity index (χ3n) is 2.28. The molecule has 0 unspecified atom stereocenters. The van der Waals surface area contributed by atoms with E-state index in [0.717, 1.165) is 16.5 Å². The number of benzene rings is 1. The number of para-hydroxylation sites is 1. The van der Waals surface area contributed by atoms with Crippen LogP contribution in [0.15, 0.2) is 36.5 Å². The molecule has 0 aliphatic rings. The van der Waals surface area contributed by atoms with Gasteiger partial charge in [-0.15, -0.1) is 12.4 Å². The van der Waals surface area contributed by atoms with Gasteiger partial charge < -0.3 is 10.8 Å². The molecular weight excluding hydrogens is 212 g/mol. The number of pyridine rings is 1. The van der Waals surface area contributed by atoms with Gasteiger partial charge in [-0.25, -0.2) is 0 Å². The van der Waals surface area contributed by atoms with Gasteiger partial charge in [0.1, 0.15) is 0 Å². The summed E-state index contributed by atoms with van der Waals surface area (Å²) in [6.07, 6.45) is 1.72. The lowest BCUT2D eigenvalue weighted by Gasteiger charge is -2.10. The molecule has 0 aliphatic heterocycles. The monoisotopic (exact) mass is 224 g/mol. The van der Waals surface area contributed by atoms with E-state index in [1.54, 1.807) is 6.20 Å². The first-order valence-electron chi connectivity index (χ1n) is 4.53. The van der Waals surface area contributed by atoms with Crippen molar-refractivity contribution in [2.45, 2.75) is 6.04 Å². The number of aliphatic hydroxyl groups excluding tert-OH is 1. The third kappa shape index (κ3) is 2.26. The number of aromatic nitrogens is 1. The van der Waals surface area contributed by atoms with E-state index >= 15 is 0 Å². The molecule has 0 saturated carbocycles. The third-order valence-corrected chi connectivity index (χ3v) is 2.28. The van der Waals surface area contributed by atoms with Gasteiger partial charge in [-0.1, -0.05) is 18.2 Å². The van der Waals surface area contributed by atoms with Gasteiger partial charge >= 0.3 is 0 Å². The highest BCUT2D eigenvalue weighted by atomic mass is 35.5. The second-order valence-electron chi connectivity index (χ2n) is 3.21. The van der Waals surface area contributed by atoms with Gasteiger partial charge in [-0.05, 0) is 17.7 Å². The number of hydrogen-bond acceptors (Lipinski definition) is 3. The number of hydrogen-bond donors (Lipinski definition) is 2. The van der Waals surface area contributed by atoms with Crippen LogP contribution >= 0.6 is 12.4 Å². The van der Waals surface area contributed by atoms with Crippen LogP contribution in [-0.2, 0) is 0 Å². The van der Waals surface area contributed by atoms with Crippen molar-refractivity contribution in [1.82, 2.24) is 4.98 Å². The summed E-state index contributed by atoms with van der Waals surface area (Å²) in [5.41, 5.74) is 7.64. The van der Waals surface area contributed by atoms with Gasteiger partial charge in [0.05, 0.1) is 18.2 Å². The Hall–Kier alpha value is -1.16. The summed E-state index contributed by atoms with van der Waals surface area (Å²) in [5, 5.41) is 10.0. The Morgan fingerprint density at radius 3 is 2.73 bits per heavy atom. The van der Waals surface area contributed by atoms with Gasteiger partial charge in [0.2, 0.25) is 0 Å². The van der Waals surface area contributed by atoms with Gasteiger partial charge in [-0.2, -0.15) is 0 Å². The smallest absolute Gasteiger partial charge is 0.0705 e. The molecule has 4 heteroatoms. The van der Waals surface area contributed by atoms with E-state index < -0.39 is 0 Å². The zero-order valence-electron chi connectivity index (χ0n) is 8.13. The summed E-state index contributed by atoms with van der Waals surface area (Å²) in [4.78, 5) is 4.22. The van der Waals surface area contributed by atoms with E-state index in [1.807, 2.05) is 30.3 Å². The normalized spacial score (nSPS) is 12.1. The number of nitrogens with two attached hydrogens (primary N) is 1. The van der Waals surface area contributed by atoms with Gasteiger partial charge in [-0.3, -0.25) is 4.98 Å². The summed E-state index contributed by atoms with van der Waals surface area (Å²) in [6.45, 7) is -0.0476. The van der Waals surface area contributed by atoms with E-state index in [1.165, 1.54) is 0 Å². The molecule has 0 saturated heterocycles. The Morgan fingerprint density at radius 1 is 1.27 bits per heavy atom. The SMILES string of the molecule is Cl.N[C@@H](CO)c1ccnc2ccccc12. The lowest BCUT2D eigenvalue weighted by atomic mass is 10.0. The maximum atomic E-state index is 9.00. The van der Waals surface area contributed by atoms with E-state index in [9.17, 15) is 0 Å². The Bertz CT molecular complexity index is 442. The van der Waals surface area contributed by atoms with Crippen LogP contribution < -0.4 is 5.73 Å². The number of halogens is 1. The molecule has 0 bridgehead atoms. The van der Waals surface area contributed by atoms with Gasteiger partial charge in [0.25, 0.3) is 0 Å². The Kier molecular flexibility index (Phi) is 4.03. The van der Waals surface area contributed by atoms with Crippen molar-refractivity contribution in [3.8, 4) is 0 Å². The first-order chi connectivity index (χ1) is 6.83. The summed E-state index contributed by atoms with van der Waals surface area (Å²) in [5.74, 6) is 0. The zero-order valence-corrected chi connectivity index (χ0v) is 8.95. The minimum atomic E-state index is -0.331. The molecule has 80 valence electrons. The average molecular weight is 225 g/mol. The van der Waals surface area contributed by atoms with Crippen molar-refractivity contribution < 1.29 is 5.11 Å². The second kappa shape index (κ2) is 5.07. The van der Waals surface area contributed by atoms with E-state index in [0.29, 0.717) is 0 Å². The fourth-order valence-corrected chi connectivity index (χ4v) is 1.54. The van der Waals surface area contributed by atoms with Crippen molar-refractivity contribution in [1.29, 1.82) is 0 Å². The molecule has 0 aliphatic carbocycles.